The van der Waals surface area contributed by atoms with Crippen molar-refractivity contribution in [1.82, 2.24) is 5.32 Å². The van der Waals surface area contributed by atoms with Crippen LogP contribution >= 0.6 is 50.2 Å². The third kappa shape index (κ3) is 4.07. The molecular weight excluding hydrogens is 338 g/mol. The summed E-state index contributed by atoms with van der Waals surface area (Å²) in [4.78, 5) is 2.70. The molecule has 0 spiro atoms. The Balaban J connectivity index is 1.78. The topological polar surface area (TPSA) is 12.0 Å². The van der Waals surface area contributed by atoms with E-state index in [0.717, 1.165) is 17.3 Å². The molecule has 0 radical (unpaired) electrons. The van der Waals surface area contributed by atoms with Gasteiger partial charge in [0, 0.05) is 22.3 Å². The first-order valence-corrected chi connectivity index (χ1v) is 8.18. The number of nitrogens with one attached hydrogen (secondary N) is 1. The molecule has 2 heterocycles. The van der Waals surface area contributed by atoms with E-state index < -0.39 is 0 Å². The van der Waals surface area contributed by atoms with Crippen LogP contribution in [0.3, 0.4) is 0 Å². The summed E-state index contributed by atoms with van der Waals surface area (Å²) in [6.45, 7) is 3.16. The number of hydrogen-bond acceptors (Lipinski definition) is 3. The molecule has 2 aromatic rings. The van der Waals surface area contributed by atoms with E-state index in [2.05, 4.69) is 46.4 Å². The van der Waals surface area contributed by atoms with Crippen LogP contribution in [0.1, 0.15) is 22.7 Å². The Morgan fingerprint density at radius 2 is 2.12 bits per heavy atom. The number of halogens is 2. The maximum absolute atomic E-state index is 5.92. The quantitative estimate of drug-likeness (QED) is 0.789. The van der Waals surface area contributed by atoms with Gasteiger partial charge in [-0.05, 0) is 53.5 Å². The lowest BCUT2D eigenvalue weighted by Crippen LogP contribution is -2.20. The molecule has 0 aliphatic carbocycles. The molecular formula is C12H13BrClNS2. The predicted octanol–water partition coefficient (Wildman–Crippen LogP) is 5.12. The minimum atomic E-state index is 0.371. The molecule has 1 nitrogen and oxygen atoms in total. The van der Waals surface area contributed by atoms with Crippen molar-refractivity contribution in [3.63, 3.8) is 0 Å². The lowest BCUT2D eigenvalue weighted by molar-refractivity contribution is 0.586. The average molecular weight is 351 g/mol. The molecule has 92 valence electrons. The Morgan fingerprint density at radius 1 is 1.29 bits per heavy atom. The first-order valence-electron chi connectivity index (χ1n) is 5.38. The summed E-state index contributed by atoms with van der Waals surface area (Å²) in [6, 6.07) is 8.68. The van der Waals surface area contributed by atoms with Gasteiger partial charge in [-0.1, -0.05) is 11.6 Å². The van der Waals surface area contributed by atoms with E-state index in [1.54, 1.807) is 22.7 Å². The first-order chi connectivity index (χ1) is 8.15. The zero-order chi connectivity index (χ0) is 12.3. The summed E-state index contributed by atoms with van der Waals surface area (Å²) in [5, 5.41) is 3.51. The summed E-state index contributed by atoms with van der Waals surface area (Å²) < 4.78 is 2.06. The van der Waals surface area contributed by atoms with Gasteiger partial charge in [0.2, 0.25) is 0 Å². The van der Waals surface area contributed by atoms with E-state index in [4.69, 9.17) is 11.6 Å². The monoisotopic (exact) mass is 349 g/mol. The van der Waals surface area contributed by atoms with Crippen LogP contribution < -0.4 is 5.32 Å². The summed E-state index contributed by atoms with van der Waals surface area (Å²) in [5.41, 5.74) is 0. The molecule has 17 heavy (non-hydrogen) atoms. The molecule has 0 fully saturated rings. The van der Waals surface area contributed by atoms with Crippen molar-refractivity contribution in [1.29, 1.82) is 0 Å². The lowest BCUT2D eigenvalue weighted by Gasteiger charge is -2.11. The first kappa shape index (κ1) is 13.6. The summed E-state index contributed by atoms with van der Waals surface area (Å²) in [6.07, 6.45) is 1.07. The van der Waals surface area contributed by atoms with E-state index >= 15 is 0 Å². The Kier molecular flexibility index (Phi) is 5.06. The predicted molar refractivity (Wildman–Crippen MR) is 81.5 cm³/mol. The van der Waals surface area contributed by atoms with Gasteiger partial charge in [-0.15, -0.1) is 22.7 Å². The maximum atomic E-state index is 5.92. The summed E-state index contributed by atoms with van der Waals surface area (Å²) in [7, 11) is 0. The van der Waals surface area contributed by atoms with Crippen LogP contribution in [0.2, 0.25) is 4.34 Å². The standard InChI is InChI=1S/C12H13BrClNS2/c1-8(10-3-5-12(14)17-10)15-7-6-9-2-4-11(13)16-9/h2-5,8,15H,6-7H2,1H3. The summed E-state index contributed by atoms with van der Waals surface area (Å²) >= 11 is 12.8. The third-order valence-electron chi connectivity index (χ3n) is 2.47. The highest BCUT2D eigenvalue weighted by molar-refractivity contribution is 9.11. The molecule has 1 N–H and O–H groups in total. The Hall–Kier alpha value is 0.130. The van der Waals surface area contributed by atoms with Crippen molar-refractivity contribution in [2.24, 2.45) is 0 Å². The van der Waals surface area contributed by atoms with Crippen LogP contribution in [0.4, 0.5) is 0 Å². The SMILES string of the molecule is CC(NCCc1ccc(Br)s1)c1ccc(Cl)s1. The molecule has 1 unspecified atom stereocenters. The molecule has 1 atom stereocenters. The highest BCUT2D eigenvalue weighted by Crippen LogP contribution is 2.27. The largest absolute Gasteiger partial charge is 0.309 e. The second kappa shape index (κ2) is 6.34. The highest BCUT2D eigenvalue weighted by atomic mass is 79.9. The van der Waals surface area contributed by atoms with E-state index in [0.29, 0.717) is 6.04 Å². The minimum absolute atomic E-state index is 0.371. The van der Waals surface area contributed by atoms with Gasteiger partial charge in [-0.2, -0.15) is 0 Å². The fourth-order valence-electron chi connectivity index (χ4n) is 1.56. The van der Waals surface area contributed by atoms with Gasteiger partial charge in [0.05, 0.1) is 8.12 Å². The van der Waals surface area contributed by atoms with Crippen molar-refractivity contribution >= 4 is 50.2 Å². The van der Waals surface area contributed by atoms with E-state index in [1.165, 1.54) is 13.5 Å². The van der Waals surface area contributed by atoms with Crippen molar-refractivity contribution in [3.8, 4) is 0 Å². The van der Waals surface area contributed by atoms with Gasteiger partial charge in [0.25, 0.3) is 0 Å². The van der Waals surface area contributed by atoms with Crippen molar-refractivity contribution in [2.75, 3.05) is 6.54 Å². The zero-order valence-electron chi connectivity index (χ0n) is 9.37. The van der Waals surface area contributed by atoms with Gasteiger partial charge in [0.15, 0.2) is 0 Å². The lowest BCUT2D eigenvalue weighted by atomic mass is 10.2. The Morgan fingerprint density at radius 3 is 2.71 bits per heavy atom. The van der Waals surface area contributed by atoms with Crippen LogP contribution in [0, 0.1) is 0 Å². The zero-order valence-corrected chi connectivity index (χ0v) is 13.3. The third-order valence-corrected chi connectivity index (χ3v) is 5.57. The van der Waals surface area contributed by atoms with Crippen molar-refractivity contribution in [2.45, 2.75) is 19.4 Å². The van der Waals surface area contributed by atoms with Gasteiger partial charge >= 0.3 is 0 Å². The molecule has 0 aliphatic heterocycles. The van der Waals surface area contributed by atoms with E-state index in [1.807, 2.05) is 6.07 Å². The highest BCUT2D eigenvalue weighted by Gasteiger charge is 2.07. The summed E-state index contributed by atoms with van der Waals surface area (Å²) in [5.74, 6) is 0. The second-order valence-corrected chi connectivity index (χ2v) is 8.07. The minimum Gasteiger partial charge on any atom is -0.309 e. The van der Waals surface area contributed by atoms with E-state index in [9.17, 15) is 0 Å². The van der Waals surface area contributed by atoms with Gasteiger partial charge in [-0.25, -0.2) is 0 Å². The number of thiophene rings is 2. The number of hydrogen-bond donors (Lipinski definition) is 1. The fraction of sp³-hybridized carbons (Fsp3) is 0.333. The van der Waals surface area contributed by atoms with Gasteiger partial charge in [-0.3, -0.25) is 0 Å². The molecule has 2 aromatic heterocycles. The molecule has 5 heteroatoms. The van der Waals surface area contributed by atoms with Crippen molar-refractivity contribution < 1.29 is 0 Å². The van der Waals surface area contributed by atoms with Crippen LogP contribution in [0.5, 0.6) is 0 Å². The maximum Gasteiger partial charge on any atom is 0.0931 e. The van der Waals surface area contributed by atoms with Crippen LogP contribution in [0.15, 0.2) is 28.1 Å². The van der Waals surface area contributed by atoms with Crippen LogP contribution in [-0.2, 0) is 6.42 Å². The fourth-order valence-corrected chi connectivity index (χ4v) is 4.13. The van der Waals surface area contributed by atoms with Crippen LogP contribution in [-0.4, -0.2) is 6.54 Å². The van der Waals surface area contributed by atoms with E-state index in [-0.39, 0.29) is 0 Å². The molecule has 0 bridgehead atoms. The smallest absolute Gasteiger partial charge is 0.0931 e. The van der Waals surface area contributed by atoms with Crippen LogP contribution in [0.25, 0.3) is 0 Å². The molecule has 0 saturated heterocycles. The molecule has 0 aliphatic rings. The normalized spacial score (nSPS) is 12.9. The van der Waals surface area contributed by atoms with Gasteiger partial charge in [0.1, 0.15) is 0 Å². The van der Waals surface area contributed by atoms with Gasteiger partial charge < -0.3 is 5.32 Å². The average Bonchev–Trinajstić information content (AvgIpc) is 2.88. The molecule has 0 aromatic carbocycles. The molecule has 2 rings (SSSR count). The Bertz CT molecular complexity index is 480. The Labute approximate surface area is 123 Å². The number of rotatable bonds is 5. The van der Waals surface area contributed by atoms with Crippen molar-refractivity contribution in [3.05, 3.63) is 42.1 Å². The molecule has 0 amide bonds. The molecule has 0 saturated carbocycles. The second-order valence-electron chi connectivity index (χ2n) is 3.77.